The fourth-order valence-corrected chi connectivity index (χ4v) is 2.47. The van der Waals surface area contributed by atoms with Gasteiger partial charge in [0.2, 0.25) is 0 Å². The van der Waals surface area contributed by atoms with Crippen LogP contribution in [0.15, 0.2) is 30.3 Å². The Morgan fingerprint density at radius 2 is 2.12 bits per heavy atom. The number of hydrogen-bond acceptors (Lipinski definition) is 2. The third-order valence-corrected chi connectivity index (χ3v) is 3.27. The molecule has 1 atom stereocenters. The second kappa shape index (κ2) is 6.02. The van der Waals surface area contributed by atoms with Crippen molar-refractivity contribution < 1.29 is 4.74 Å². The minimum atomic E-state index is 0.613. The largest absolute Gasteiger partial charge is 0.380 e. The highest BCUT2D eigenvalue weighted by atomic mass is 16.5. The highest BCUT2D eigenvalue weighted by molar-refractivity contribution is 5.19. The third-order valence-electron chi connectivity index (χ3n) is 3.27. The van der Waals surface area contributed by atoms with Crippen molar-refractivity contribution >= 4 is 0 Å². The van der Waals surface area contributed by atoms with Crippen LogP contribution < -0.4 is 0 Å². The summed E-state index contributed by atoms with van der Waals surface area (Å²) in [5.74, 6) is 0. The van der Waals surface area contributed by atoms with Gasteiger partial charge in [0, 0.05) is 19.2 Å². The molecule has 16 heavy (non-hydrogen) atoms. The Kier molecular flexibility index (Phi) is 4.37. The van der Waals surface area contributed by atoms with Gasteiger partial charge in [0.05, 0.1) is 6.61 Å². The first-order chi connectivity index (χ1) is 7.92. The van der Waals surface area contributed by atoms with Crippen molar-refractivity contribution in [1.29, 1.82) is 0 Å². The first kappa shape index (κ1) is 11.6. The van der Waals surface area contributed by atoms with Crippen molar-refractivity contribution in [1.82, 2.24) is 4.90 Å². The lowest BCUT2D eigenvalue weighted by atomic mass is 10.0. The Morgan fingerprint density at radius 3 is 2.88 bits per heavy atom. The quantitative estimate of drug-likeness (QED) is 0.706. The van der Waals surface area contributed by atoms with E-state index in [-0.39, 0.29) is 0 Å². The topological polar surface area (TPSA) is 12.5 Å². The zero-order chi connectivity index (χ0) is 11.2. The number of benzene rings is 1. The molecule has 0 aliphatic carbocycles. The Labute approximate surface area is 98.2 Å². The van der Waals surface area contributed by atoms with Crippen molar-refractivity contribution in [3.8, 4) is 0 Å². The van der Waals surface area contributed by atoms with Crippen LogP contribution in [-0.4, -0.2) is 31.2 Å². The minimum absolute atomic E-state index is 0.613. The lowest BCUT2D eigenvalue weighted by Crippen LogP contribution is -2.27. The van der Waals surface area contributed by atoms with E-state index >= 15 is 0 Å². The van der Waals surface area contributed by atoms with Gasteiger partial charge in [-0.1, -0.05) is 30.3 Å². The van der Waals surface area contributed by atoms with E-state index in [1.165, 1.54) is 24.9 Å². The Balaban J connectivity index is 1.93. The second-order valence-electron chi connectivity index (χ2n) is 4.30. The highest BCUT2D eigenvalue weighted by Crippen LogP contribution is 2.31. The lowest BCUT2D eigenvalue weighted by molar-refractivity contribution is 0.108. The average Bonchev–Trinajstić information content (AvgIpc) is 2.79. The van der Waals surface area contributed by atoms with E-state index in [1.54, 1.807) is 0 Å². The molecule has 2 nitrogen and oxygen atoms in total. The predicted octanol–water partition coefficient (Wildman–Crippen LogP) is 2.86. The molecule has 0 radical (unpaired) electrons. The van der Waals surface area contributed by atoms with Crippen molar-refractivity contribution in [2.24, 2.45) is 0 Å². The van der Waals surface area contributed by atoms with Gasteiger partial charge in [-0.15, -0.1) is 0 Å². The van der Waals surface area contributed by atoms with E-state index in [4.69, 9.17) is 4.74 Å². The van der Waals surface area contributed by atoms with E-state index in [1.807, 2.05) is 0 Å². The number of likely N-dealkylation sites (tertiary alicyclic amines) is 1. The monoisotopic (exact) mass is 219 g/mol. The summed E-state index contributed by atoms with van der Waals surface area (Å²) in [6, 6.07) is 11.4. The second-order valence-corrected chi connectivity index (χ2v) is 4.30. The lowest BCUT2D eigenvalue weighted by Gasteiger charge is -2.24. The third kappa shape index (κ3) is 2.83. The van der Waals surface area contributed by atoms with Crippen LogP contribution in [0.3, 0.4) is 0 Å². The molecule has 1 heterocycles. The standard InChI is InChI=1S/C14H21NO/c1-2-16-12-11-15-10-6-9-14(15)13-7-4-3-5-8-13/h3-5,7-8,14H,2,6,9-12H2,1H3. The van der Waals surface area contributed by atoms with Crippen LogP contribution in [0.2, 0.25) is 0 Å². The van der Waals surface area contributed by atoms with Gasteiger partial charge >= 0.3 is 0 Å². The fourth-order valence-electron chi connectivity index (χ4n) is 2.47. The molecule has 0 amide bonds. The molecule has 1 aliphatic heterocycles. The van der Waals surface area contributed by atoms with Crippen LogP contribution in [0.4, 0.5) is 0 Å². The summed E-state index contributed by atoms with van der Waals surface area (Å²) in [7, 11) is 0. The number of nitrogens with zero attached hydrogens (tertiary/aromatic N) is 1. The smallest absolute Gasteiger partial charge is 0.0593 e. The normalized spacial score (nSPS) is 21.4. The SMILES string of the molecule is CCOCCN1CCCC1c1ccccc1. The van der Waals surface area contributed by atoms with Crippen molar-refractivity contribution in [3.05, 3.63) is 35.9 Å². The van der Waals surface area contributed by atoms with Gasteiger partial charge in [-0.2, -0.15) is 0 Å². The van der Waals surface area contributed by atoms with Gasteiger partial charge in [-0.3, -0.25) is 4.90 Å². The van der Waals surface area contributed by atoms with Crippen LogP contribution in [-0.2, 0) is 4.74 Å². The van der Waals surface area contributed by atoms with E-state index in [0.717, 1.165) is 19.8 Å². The van der Waals surface area contributed by atoms with Crippen LogP contribution in [0, 0.1) is 0 Å². The van der Waals surface area contributed by atoms with Crippen LogP contribution in [0.5, 0.6) is 0 Å². The van der Waals surface area contributed by atoms with E-state index < -0.39 is 0 Å². The summed E-state index contributed by atoms with van der Waals surface area (Å²) in [4.78, 5) is 2.55. The zero-order valence-electron chi connectivity index (χ0n) is 10.1. The summed E-state index contributed by atoms with van der Waals surface area (Å²) in [5, 5.41) is 0. The maximum atomic E-state index is 5.44. The molecule has 1 unspecified atom stereocenters. The van der Waals surface area contributed by atoms with Crippen molar-refractivity contribution in [2.45, 2.75) is 25.8 Å². The summed E-state index contributed by atoms with van der Waals surface area (Å²) >= 11 is 0. The Hall–Kier alpha value is -0.860. The minimum Gasteiger partial charge on any atom is -0.380 e. The predicted molar refractivity (Wildman–Crippen MR) is 66.5 cm³/mol. The molecule has 1 aromatic carbocycles. The molecule has 1 fully saturated rings. The number of rotatable bonds is 5. The summed E-state index contributed by atoms with van der Waals surface area (Å²) in [6.07, 6.45) is 2.60. The molecule has 1 aromatic rings. The molecule has 2 heteroatoms. The first-order valence-corrected chi connectivity index (χ1v) is 6.28. The van der Waals surface area contributed by atoms with Gasteiger partial charge in [0.1, 0.15) is 0 Å². The highest BCUT2D eigenvalue weighted by Gasteiger charge is 2.24. The van der Waals surface area contributed by atoms with Gasteiger partial charge in [0.15, 0.2) is 0 Å². The summed E-state index contributed by atoms with van der Waals surface area (Å²) < 4.78 is 5.44. The molecule has 1 aliphatic rings. The first-order valence-electron chi connectivity index (χ1n) is 6.28. The molecular formula is C14H21NO. The summed E-state index contributed by atoms with van der Waals surface area (Å²) in [6.45, 7) is 6.02. The zero-order valence-corrected chi connectivity index (χ0v) is 10.1. The van der Waals surface area contributed by atoms with E-state index in [0.29, 0.717) is 6.04 Å². The van der Waals surface area contributed by atoms with Gasteiger partial charge in [-0.05, 0) is 31.9 Å². The number of ether oxygens (including phenoxy) is 1. The molecule has 0 saturated carbocycles. The van der Waals surface area contributed by atoms with Gasteiger partial charge < -0.3 is 4.74 Å². The summed E-state index contributed by atoms with van der Waals surface area (Å²) in [5.41, 5.74) is 1.46. The molecular weight excluding hydrogens is 198 g/mol. The molecule has 0 spiro atoms. The van der Waals surface area contributed by atoms with E-state index in [9.17, 15) is 0 Å². The molecule has 88 valence electrons. The van der Waals surface area contributed by atoms with Gasteiger partial charge in [-0.25, -0.2) is 0 Å². The van der Waals surface area contributed by atoms with Crippen molar-refractivity contribution in [3.63, 3.8) is 0 Å². The van der Waals surface area contributed by atoms with Crippen LogP contribution in [0.1, 0.15) is 31.4 Å². The maximum absolute atomic E-state index is 5.44. The fraction of sp³-hybridized carbons (Fsp3) is 0.571. The van der Waals surface area contributed by atoms with Crippen LogP contribution >= 0.6 is 0 Å². The van der Waals surface area contributed by atoms with Crippen molar-refractivity contribution in [2.75, 3.05) is 26.3 Å². The molecule has 0 aromatic heterocycles. The van der Waals surface area contributed by atoms with Crippen LogP contribution in [0.25, 0.3) is 0 Å². The molecule has 2 rings (SSSR count). The van der Waals surface area contributed by atoms with Gasteiger partial charge in [0.25, 0.3) is 0 Å². The Morgan fingerprint density at radius 1 is 1.31 bits per heavy atom. The number of hydrogen-bond donors (Lipinski definition) is 0. The molecule has 0 bridgehead atoms. The Bertz CT molecular complexity index is 299. The maximum Gasteiger partial charge on any atom is 0.0593 e. The molecule has 1 saturated heterocycles. The van der Waals surface area contributed by atoms with E-state index in [2.05, 4.69) is 42.2 Å². The molecule has 0 N–H and O–H groups in total. The average molecular weight is 219 g/mol.